The number of amides is 1. The van der Waals surface area contributed by atoms with E-state index >= 15 is 0 Å². The normalized spacial score (nSPS) is 23.6. The minimum Gasteiger partial charge on any atom is -0.508 e. The van der Waals surface area contributed by atoms with E-state index in [4.69, 9.17) is 0 Å². The van der Waals surface area contributed by atoms with Gasteiger partial charge in [0.05, 0.1) is 0 Å². The van der Waals surface area contributed by atoms with Crippen LogP contribution in [0.25, 0.3) is 11.1 Å². The first-order valence-corrected chi connectivity index (χ1v) is 13.9. The highest BCUT2D eigenvalue weighted by Gasteiger charge is 2.34. The zero-order chi connectivity index (χ0) is 24.9. The van der Waals surface area contributed by atoms with Crippen LogP contribution in [0.5, 0.6) is 5.75 Å². The summed E-state index contributed by atoms with van der Waals surface area (Å²) >= 11 is 0. The maximum atomic E-state index is 13.5. The molecule has 0 radical (unpaired) electrons. The lowest BCUT2D eigenvalue weighted by Crippen LogP contribution is -2.47. The number of likely N-dealkylation sites (tertiary alicyclic amines) is 1. The van der Waals surface area contributed by atoms with E-state index < -0.39 is 0 Å². The van der Waals surface area contributed by atoms with Crippen molar-refractivity contribution in [1.82, 2.24) is 14.7 Å². The van der Waals surface area contributed by atoms with Crippen LogP contribution in [0.1, 0.15) is 67.3 Å². The summed E-state index contributed by atoms with van der Waals surface area (Å²) in [5.74, 6) is 0.394. The van der Waals surface area contributed by atoms with Crippen LogP contribution in [0.4, 0.5) is 0 Å². The van der Waals surface area contributed by atoms with E-state index in [1.54, 1.807) is 6.07 Å². The lowest BCUT2D eigenvalue weighted by atomic mass is 9.91. The number of rotatable bonds is 6. The minimum absolute atomic E-state index is 0.136. The van der Waals surface area contributed by atoms with Crippen LogP contribution >= 0.6 is 0 Å². The van der Waals surface area contributed by atoms with Crippen LogP contribution in [0.3, 0.4) is 0 Å². The zero-order valence-electron chi connectivity index (χ0n) is 21.6. The van der Waals surface area contributed by atoms with Crippen LogP contribution in [-0.4, -0.2) is 70.5 Å². The first-order chi connectivity index (χ1) is 17.6. The van der Waals surface area contributed by atoms with Gasteiger partial charge in [0, 0.05) is 56.9 Å². The smallest absolute Gasteiger partial charge is 0.253 e. The summed E-state index contributed by atoms with van der Waals surface area (Å²) in [6, 6.07) is 14.9. The van der Waals surface area contributed by atoms with Crippen LogP contribution < -0.4 is 0 Å². The Kier molecular flexibility index (Phi) is 8.08. The molecule has 3 heterocycles. The summed E-state index contributed by atoms with van der Waals surface area (Å²) in [6.07, 6.45) is 11.6. The van der Waals surface area contributed by atoms with Gasteiger partial charge < -0.3 is 10.0 Å². The molecule has 5 rings (SSSR count). The molecule has 0 aromatic heterocycles. The fourth-order valence-corrected chi connectivity index (χ4v) is 6.50. The topological polar surface area (TPSA) is 47.0 Å². The second kappa shape index (κ2) is 11.6. The van der Waals surface area contributed by atoms with Crippen molar-refractivity contribution in [3.63, 3.8) is 0 Å². The number of carbonyl (C=O) groups excluding carboxylic acids is 1. The summed E-state index contributed by atoms with van der Waals surface area (Å²) in [5, 5.41) is 10.2. The van der Waals surface area contributed by atoms with Gasteiger partial charge >= 0.3 is 0 Å². The van der Waals surface area contributed by atoms with E-state index in [0.29, 0.717) is 12.1 Å². The molecule has 1 N–H and O–H groups in total. The van der Waals surface area contributed by atoms with Crippen molar-refractivity contribution in [3.8, 4) is 16.9 Å². The Morgan fingerprint density at radius 1 is 0.944 bits per heavy atom. The van der Waals surface area contributed by atoms with E-state index in [1.165, 1.54) is 44.1 Å². The fraction of sp³-hybridized carbons (Fsp3) is 0.516. The molecule has 2 aromatic carbocycles. The van der Waals surface area contributed by atoms with Gasteiger partial charge in [-0.3, -0.25) is 14.6 Å². The number of aromatic hydroxyl groups is 1. The Morgan fingerprint density at radius 2 is 1.75 bits per heavy atom. The van der Waals surface area contributed by atoms with E-state index in [0.717, 1.165) is 68.8 Å². The van der Waals surface area contributed by atoms with Gasteiger partial charge in [0.15, 0.2) is 0 Å². The molecule has 2 aromatic rings. The Labute approximate surface area is 216 Å². The maximum absolute atomic E-state index is 13.5. The molecule has 5 nitrogen and oxygen atoms in total. The van der Waals surface area contributed by atoms with E-state index in [1.807, 2.05) is 35.2 Å². The maximum Gasteiger partial charge on any atom is 0.253 e. The molecule has 3 fully saturated rings. The number of fused-ring (bicyclic) bond motifs is 2. The highest BCUT2D eigenvalue weighted by molar-refractivity contribution is 5.96. The van der Waals surface area contributed by atoms with Gasteiger partial charge in [-0.1, -0.05) is 43.5 Å². The van der Waals surface area contributed by atoms with Gasteiger partial charge in [-0.05, 0) is 73.1 Å². The number of nitrogens with zero attached hydrogens (tertiary/aromatic N) is 3. The number of carbonyl (C=O) groups is 1. The van der Waals surface area contributed by atoms with Crippen molar-refractivity contribution in [2.45, 2.75) is 70.0 Å². The van der Waals surface area contributed by atoms with Crippen molar-refractivity contribution in [2.24, 2.45) is 0 Å². The number of benzene rings is 2. The van der Waals surface area contributed by atoms with Gasteiger partial charge in [0.2, 0.25) is 0 Å². The molecule has 3 aliphatic heterocycles. The van der Waals surface area contributed by atoms with Crippen LogP contribution in [-0.2, 0) is 6.54 Å². The average Bonchev–Trinajstić information content (AvgIpc) is 3.21. The molecule has 192 valence electrons. The summed E-state index contributed by atoms with van der Waals surface area (Å²) in [4.78, 5) is 20.8. The number of phenolic OH excluding ortho intramolecular Hbond substituents is 1. The lowest BCUT2D eigenvalue weighted by Gasteiger charge is -2.41. The molecule has 0 saturated carbocycles. The minimum atomic E-state index is 0.136. The molecular formula is C31H41N3O2. The summed E-state index contributed by atoms with van der Waals surface area (Å²) < 4.78 is 0. The van der Waals surface area contributed by atoms with E-state index in [-0.39, 0.29) is 11.7 Å². The van der Waals surface area contributed by atoms with Gasteiger partial charge in [-0.15, -0.1) is 6.58 Å². The van der Waals surface area contributed by atoms with Crippen LogP contribution in [0, 0.1) is 0 Å². The number of hydrogen-bond acceptors (Lipinski definition) is 4. The first kappa shape index (κ1) is 25.0. The molecule has 36 heavy (non-hydrogen) atoms. The summed E-state index contributed by atoms with van der Waals surface area (Å²) in [5.41, 5.74) is 4.04. The number of piperidine rings is 1. The summed E-state index contributed by atoms with van der Waals surface area (Å²) in [6.45, 7) is 9.72. The first-order valence-electron chi connectivity index (χ1n) is 13.9. The third kappa shape index (κ3) is 5.68. The summed E-state index contributed by atoms with van der Waals surface area (Å²) in [7, 11) is 0. The highest BCUT2D eigenvalue weighted by Crippen LogP contribution is 2.34. The standard InChI is InChI=1S/C31H41N3O2/c1-2-16-32-19-15-27-10-8-11-28(23-32)34(27)22-26-14-13-25(31(36)33-17-5-3-4-6-18-33)21-30(26)24-9-7-12-29(35)20-24/h2,7,9,12-14,20-21,27-28,35H,1,3-6,8,10-11,15-19,22-23H2. The number of hydrogen-bond donors (Lipinski definition) is 1. The molecule has 1 amide bonds. The molecule has 0 aliphatic carbocycles. The molecule has 3 aliphatic rings. The van der Waals surface area contributed by atoms with E-state index in [9.17, 15) is 9.90 Å². The zero-order valence-corrected chi connectivity index (χ0v) is 21.6. The second-order valence-corrected chi connectivity index (χ2v) is 10.9. The predicted octanol–water partition coefficient (Wildman–Crippen LogP) is 5.69. The van der Waals surface area contributed by atoms with Crippen molar-refractivity contribution < 1.29 is 9.90 Å². The molecular weight excluding hydrogens is 446 g/mol. The second-order valence-electron chi connectivity index (χ2n) is 10.9. The SMILES string of the molecule is C=CCN1CCC2CCCC(C1)N2Cc1ccc(C(=O)N2CCCCCC2)cc1-c1cccc(O)c1. The molecule has 2 unspecified atom stereocenters. The lowest BCUT2D eigenvalue weighted by molar-refractivity contribution is 0.0759. The van der Waals surface area contributed by atoms with Crippen molar-refractivity contribution in [1.29, 1.82) is 0 Å². The van der Waals surface area contributed by atoms with E-state index in [2.05, 4.69) is 28.5 Å². The average molecular weight is 488 g/mol. The Morgan fingerprint density at radius 3 is 2.53 bits per heavy atom. The van der Waals surface area contributed by atoms with Gasteiger partial charge in [-0.25, -0.2) is 0 Å². The molecule has 5 heteroatoms. The van der Waals surface area contributed by atoms with Crippen LogP contribution in [0.2, 0.25) is 0 Å². The highest BCUT2D eigenvalue weighted by atomic mass is 16.3. The molecule has 2 bridgehead atoms. The van der Waals surface area contributed by atoms with Crippen molar-refractivity contribution in [2.75, 3.05) is 32.7 Å². The molecule has 3 saturated heterocycles. The monoisotopic (exact) mass is 487 g/mol. The molecule has 2 atom stereocenters. The Bertz CT molecular complexity index is 1060. The number of phenols is 1. The van der Waals surface area contributed by atoms with Crippen LogP contribution in [0.15, 0.2) is 55.1 Å². The van der Waals surface area contributed by atoms with Gasteiger partial charge in [0.25, 0.3) is 5.91 Å². The van der Waals surface area contributed by atoms with Gasteiger partial charge in [0.1, 0.15) is 5.75 Å². The van der Waals surface area contributed by atoms with Crippen molar-refractivity contribution in [3.05, 3.63) is 66.2 Å². The quantitative estimate of drug-likeness (QED) is 0.532. The van der Waals surface area contributed by atoms with Gasteiger partial charge in [-0.2, -0.15) is 0 Å². The molecule has 0 spiro atoms. The third-order valence-corrected chi connectivity index (χ3v) is 8.41. The fourth-order valence-electron chi connectivity index (χ4n) is 6.50. The third-order valence-electron chi connectivity index (χ3n) is 8.41. The van der Waals surface area contributed by atoms with Crippen molar-refractivity contribution >= 4 is 5.91 Å². The predicted molar refractivity (Wildman–Crippen MR) is 146 cm³/mol. The Balaban J connectivity index is 1.46. The Hall–Kier alpha value is -2.63. The largest absolute Gasteiger partial charge is 0.508 e.